The van der Waals surface area contributed by atoms with Gasteiger partial charge in [0.15, 0.2) is 6.29 Å². The van der Waals surface area contributed by atoms with Crippen LogP contribution in [0, 0.1) is 17.8 Å². The second-order valence-electron chi connectivity index (χ2n) is 5.19. The van der Waals surface area contributed by atoms with E-state index in [1.807, 2.05) is 0 Å². The van der Waals surface area contributed by atoms with Gasteiger partial charge in [0.05, 0.1) is 6.04 Å². The Morgan fingerprint density at radius 1 is 0.875 bits per heavy atom. The van der Waals surface area contributed by atoms with Crippen molar-refractivity contribution >= 4 is 0 Å². The maximum atomic E-state index is 5.23. The molecule has 0 bridgehead atoms. The highest BCUT2D eigenvalue weighted by Crippen LogP contribution is 2.19. The monoisotopic (exact) mass is 231 g/mol. The molecule has 16 heavy (non-hydrogen) atoms. The van der Waals surface area contributed by atoms with Crippen LogP contribution in [-0.2, 0) is 9.47 Å². The Balaban J connectivity index is 4.09. The third-order valence-electron chi connectivity index (χ3n) is 3.26. The van der Waals surface area contributed by atoms with Crippen molar-refractivity contribution in [1.29, 1.82) is 0 Å². The van der Waals surface area contributed by atoms with E-state index in [0.29, 0.717) is 17.8 Å². The lowest BCUT2D eigenvalue weighted by molar-refractivity contribution is -0.120. The molecule has 3 nitrogen and oxygen atoms in total. The quantitative estimate of drug-likeness (QED) is 0.651. The van der Waals surface area contributed by atoms with E-state index in [0.717, 1.165) is 6.54 Å². The van der Waals surface area contributed by atoms with E-state index in [2.05, 4.69) is 39.9 Å². The highest BCUT2D eigenvalue weighted by atomic mass is 16.7. The highest BCUT2D eigenvalue weighted by Gasteiger charge is 2.21. The summed E-state index contributed by atoms with van der Waals surface area (Å²) in [6, 6.07) is 0.218. The van der Waals surface area contributed by atoms with Gasteiger partial charge < -0.3 is 14.8 Å². The van der Waals surface area contributed by atoms with Crippen LogP contribution in [0.15, 0.2) is 0 Å². The Labute approximate surface area is 101 Å². The lowest BCUT2D eigenvalue weighted by Crippen LogP contribution is -2.43. The van der Waals surface area contributed by atoms with E-state index in [4.69, 9.17) is 9.47 Å². The van der Waals surface area contributed by atoms with Crippen molar-refractivity contribution in [3.8, 4) is 0 Å². The van der Waals surface area contributed by atoms with Gasteiger partial charge >= 0.3 is 0 Å². The van der Waals surface area contributed by atoms with Gasteiger partial charge in [-0.3, -0.25) is 0 Å². The molecule has 1 atom stereocenters. The van der Waals surface area contributed by atoms with Crippen molar-refractivity contribution in [2.75, 3.05) is 20.8 Å². The number of methoxy groups -OCH3 is 2. The van der Waals surface area contributed by atoms with Crippen LogP contribution in [0.2, 0.25) is 0 Å². The predicted molar refractivity (Wildman–Crippen MR) is 68.4 cm³/mol. The van der Waals surface area contributed by atoms with Crippen LogP contribution in [0.25, 0.3) is 0 Å². The molecule has 0 aromatic carbocycles. The number of hydrogen-bond donors (Lipinski definition) is 1. The number of ether oxygens (including phenoxy) is 2. The molecular weight excluding hydrogens is 202 g/mol. The molecule has 0 rings (SSSR count). The Kier molecular flexibility index (Phi) is 7.98. The number of rotatable bonds is 8. The Hall–Kier alpha value is -0.120. The maximum Gasteiger partial charge on any atom is 0.171 e. The van der Waals surface area contributed by atoms with Crippen molar-refractivity contribution in [2.45, 2.75) is 47.0 Å². The highest BCUT2D eigenvalue weighted by molar-refractivity contribution is 4.73. The summed E-state index contributed by atoms with van der Waals surface area (Å²) in [6.45, 7) is 12.2. The average Bonchev–Trinajstić information content (AvgIpc) is 2.18. The first-order valence-electron chi connectivity index (χ1n) is 6.23. The summed E-state index contributed by atoms with van der Waals surface area (Å²) in [5.41, 5.74) is 0. The molecule has 0 aliphatic rings. The summed E-state index contributed by atoms with van der Waals surface area (Å²) in [4.78, 5) is 0. The predicted octanol–water partition coefficient (Wildman–Crippen LogP) is 2.51. The van der Waals surface area contributed by atoms with E-state index < -0.39 is 0 Å². The van der Waals surface area contributed by atoms with Gasteiger partial charge in [-0.25, -0.2) is 0 Å². The van der Waals surface area contributed by atoms with Gasteiger partial charge in [-0.2, -0.15) is 0 Å². The summed E-state index contributed by atoms with van der Waals surface area (Å²) < 4.78 is 10.5. The van der Waals surface area contributed by atoms with Gasteiger partial charge in [0.25, 0.3) is 0 Å². The van der Waals surface area contributed by atoms with Crippen molar-refractivity contribution in [3.05, 3.63) is 0 Å². The molecule has 0 radical (unpaired) electrons. The second-order valence-corrected chi connectivity index (χ2v) is 5.19. The minimum atomic E-state index is -0.167. The molecule has 98 valence electrons. The maximum absolute atomic E-state index is 5.23. The zero-order chi connectivity index (χ0) is 12.7. The smallest absolute Gasteiger partial charge is 0.171 e. The lowest BCUT2D eigenvalue weighted by Gasteiger charge is -2.29. The molecule has 0 heterocycles. The minimum Gasteiger partial charge on any atom is -0.354 e. The van der Waals surface area contributed by atoms with E-state index in [9.17, 15) is 0 Å². The first-order chi connectivity index (χ1) is 7.43. The van der Waals surface area contributed by atoms with Crippen LogP contribution in [0.3, 0.4) is 0 Å². The topological polar surface area (TPSA) is 30.5 Å². The fourth-order valence-corrected chi connectivity index (χ4v) is 2.16. The first-order valence-corrected chi connectivity index (χ1v) is 6.23. The van der Waals surface area contributed by atoms with Crippen molar-refractivity contribution in [2.24, 2.45) is 17.8 Å². The lowest BCUT2D eigenvalue weighted by atomic mass is 9.85. The zero-order valence-electron chi connectivity index (χ0n) is 11.9. The van der Waals surface area contributed by atoms with Gasteiger partial charge in [0, 0.05) is 14.2 Å². The SMILES string of the molecule is COC(OC)C(C)NCC(C(C)C)C(C)C. The van der Waals surface area contributed by atoms with Gasteiger partial charge in [-0.05, 0) is 31.2 Å². The third-order valence-corrected chi connectivity index (χ3v) is 3.26. The summed E-state index contributed by atoms with van der Waals surface area (Å²) >= 11 is 0. The fourth-order valence-electron chi connectivity index (χ4n) is 2.16. The van der Waals surface area contributed by atoms with Crippen LogP contribution < -0.4 is 5.32 Å². The van der Waals surface area contributed by atoms with E-state index >= 15 is 0 Å². The Morgan fingerprint density at radius 2 is 1.31 bits per heavy atom. The molecule has 0 aromatic rings. The molecule has 0 saturated heterocycles. The molecule has 0 aliphatic carbocycles. The van der Waals surface area contributed by atoms with Gasteiger partial charge in [0.2, 0.25) is 0 Å². The second kappa shape index (κ2) is 8.04. The zero-order valence-corrected chi connectivity index (χ0v) is 11.9. The molecule has 0 fully saturated rings. The molecule has 3 heteroatoms. The van der Waals surface area contributed by atoms with Crippen LogP contribution >= 0.6 is 0 Å². The summed E-state index contributed by atoms with van der Waals surface area (Å²) in [5.74, 6) is 2.09. The average molecular weight is 231 g/mol. The van der Waals surface area contributed by atoms with E-state index in [1.165, 1.54) is 0 Å². The number of nitrogens with one attached hydrogen (secondary N) is 1. The van der Waals surface area contributed by atoms with E-state index in [1.54, 1.807) is 14.2 Å². The van der Waals surface area contributed by atoms with Crippen molar-refractivity contribution in [3.63, 3.8) is 0 Å². The molecule has 0 aromatic heterocycles. The van der Waals surface area contributed by atoms with Gasteiger partial charge in [-0.1, -0.05) is 27.7 Å². The Bertz CT molecular complexity index is 159. The molecular formula is C13H29NO2. The molecule has 1 unspecified atom stereocenters. The largest absolute Gasteiger partial charge is 0.354 e. The van der Waals surface area contributed by atoms with Crippen LogP contribution in [0.4, 0.5) is 0 Å². The summed E-state index contributed by atoms with van der Waals surface area (Å²) in [7, 11) is 3.35. The number of hydrogen-bond acceptors (Lipinski definition) is 3. The summed E-state index contributed by atoms with van der Waals surface area (Å²) in [6.07, 6.45) is -0.167. The Morgan fingerprint density at radius 3 is 1.62 bits per heavy atom. The molecule has 1 N–H and O–H groups in total. The van der Waals surface area contributed by atoms with E-state index in [-0.39, 0.29) is 12.3 Å². The van der Waals surface area contributed by atoms with Gasteiger partial charge in [0.1, 0.15) is 0 Å². The van der Waals surface area contributed by atoms with Crippen LogP contribution in [0.1, 0.15) is 34.6 Å². The molecule has 0 amide bonds. The van der Waals surface area contributed by atoms with Crippen molar-refractivity contribution in [1.82, 2.24) is 5.32 Å². The first kappa shape index (κ1) is 15.9. The molecule has 0 spiro atoms. The third kappa shape index (κ3) is 5.28. The van der Waals surface area contributed by atoms with Crippen LogP contribution in [-0.4, -0.2) is 33.1 Å². The van der Waals surface area contributed by atoms with Crippen LogP contribution in [0.5, 0.6) is 0 Å². The fraction of sp³-hybridized carbons (Fsp3) is 1.00. The summed E-state index contributed by atoms with van der Waals surface area (Å²) in [5, 5.41) is 3.50. The molecule has 0 saturated carbocycles. The van der Waals surface area contributed by atoms with Gasteiger partial charge in [-0.15, -0.1) is 0 Å². The minimum absolute atomic E-state index is 0.167. The normalized spacial score (nSPS) is 14.4. The molecule has 0 aliphatic heterocycles. The van der Waals surface area contributed by atoms with Crippen molar-refractivity contribution < 1.29 is 9.47 Å². The standard InChI is InChI=1S/C13H29NO2/c1-9(2)12(10(3)4)8-14-11(5)13(15-6)16-7/h9-14H,8H2,1-7H3.